The Hall–Kier alpha value is -3.19. The number of para-hydroxylation sites is 2. The van der Waals surface area contributed by atoms with Crippen LogP contribution >= 0.6 is 11.3 Å². The zero-order valence-electron chi connectivity index (χ0n) is 13.1. The average Bonchev–Trinajstić information content (AvgIpc) is 3.12. The Morgan fingerprint density at radius 3 is 2.72 bits per heavy atom. The molecule has 0 saturated heterocycles. The Morgan fingerprint density at radius 1 is 1.16 bits per heavy atom. The molecule has 4 aromatic rings. The lowest BCUT2D eigenvalue weighted by Crippen LogP contribution is -2.08. The van der Waals surface area contributed by atoms with E-state index >= 15 is 0 Å². The lowest BCUT2D eigenvalue weighted by atomic mass is 10.1. The Bertz CT molecular complexity index is 1140. The number of esters is 1. The first-order chi connectivity index (χ1) is 12.0. The van der Waals surface area contributed by atoms with Gasteiger partial charge in [0.25, 0.3) is 0 Å². The molecule has 0 aliphatic rings. The van der Waals surface area contributed by atoms with Crippen molar-refractivity contribution in [3.8, 4) is 17.0 Å². The summed E-state index contributed by atoms with van der Waals surface area (Å²) >= 11 is 1.54. The van der Waals surface area contributed by atoms with Crippen LogP contribution in [0.3, 0.4) is 0 Å². The van der Waals surface area contributed by atoms with Gasteiger partial charge in [-0.05, 0) is 24.3 Å². The molecular formula is C18H12N2O4S. The summed E-state index contributed by atoms with van der Waals surface area (Å²) in [7, 11) is 0. The van der Waals surface area contributed by atoms with Crippen LogP contribution in [0.4, 0.5) is 0 Å². The van der Waals surface area contributed by atoms with E-state index in [4.69, 9.17) is 4.74 Å². The third-order valence-electron chi connectivity index (χ3n) is 3.77. The van der Waals surface area contributed by atoms with Crippen molar-refractivity contribution < 1.29 is 19.4 Å². The Morgan fingerprint density at radius 2 is 1.96 bits per heavy atom. The van der Waals surface area contributed by atoms with Gasteiger partial charge in [-0.15, -0.1) is 0 Å². The van der Waals surface area contributed by atoms with E-state index in [9.17, 15) is 14.7 Å². The summed E-state index contributed by atoms with van der Waals surface area (Å²) in [6.45, 7) is 1.24. The van der Waals surface area contributed by atoms with Crippen molar-refractivity contribution in [1.82, 2.24) is 9.38 Å². The molecule has 1 N–H and O–H groups in total. The van der Waals surface area contributed by atoms with Crippen LogP contribution in [-0.4, -0.2) is 26.4 Å². The van der Waals surface area contributed by atoms with Gasteiger partial charge in [0.1, 0.15) is 5.56 Å². The number of aromatic carboxylic acids is 1. The van der Waals surface area contributed by atoms with Crippen LogP contribution in [0.1, 0.15) is 17.3 Å². The predicted molar refractivity (Wildman–Crippen MR) is 94.3 cm³/mol. The minimum Gasteiger partial charge on any atom is -0.478 e. The number of carboxylic acid groups (broad SMARTS) is 1. The molecule has 0 aliphatic carbocycles. The lowest BCUT2D eigenvalue weighted by Gasteiger charge is -2.10. The molecule has 2 aromatic carbocycles. The summed E-state index contributed by atoms with van der Waals surface area (Å²) in [4.78, 5) is 28.3. The number of aromatic nitrogens is 2. The summed E-state index contributed by atoms with van der Waals surface area (Å²) in [5, 5.41) is 9.38. The van der Waals surface area contributed by atoms with Crippen molar-refractivity contribution >= 4 is 38.5 Å². The van der Waals surface area contributed by atoms with Gasteiger partial charge in [0.2, 0.25) is 0 Å². The van der Waals surface area contributed by atoms with Crippen LogP contribution in [0.2, 0.25) is 0 Å². The van der Waals surface area contributed by atoms with Gasteiger partial charge >= 0.3 is 11.9 Å². The third-order valence-corrected chi connectivity index (χ3v) is 4.80. The van der Waals surface area contributed by atoms with E-state index < -0.39 is 11.9 Å². The number of nitrogens with zero attached hydrogens (tertiary/aromatic N) is 2. The quantitative estimate of drug-likeness (QED) is 0.447. The van der Waals surface area contributed by atoms with E-state index in [2.05, 4.69) is 4.98 Å². The number of ether oxygens (including phenoxy) is 1. The van der Waals surface area contributed by atoms with Crippen molar-refractivity contribution in [3.05, 3.63) is 54.2 Å². The van der Waals surface area contributed by atoms with Crippen molar-refractivity contribution in [1.29, 1.82) is 0 Å². The maximum absolute atomic E-state index is 11.5. The second kappa shape index (κ2) is 5.71. The summed E-state index contributed by atoms with van der Waals surface area (Å²) in [6, 6.07) is 12.6. The summed E-state index contributed by atoms with van der Waals surface area (Å²) in [5.41, 5.74) is 1.96. The van der Waals surface area contributed by atoms with Crippen molar-refractivity contribution in [3.63, 3.8) is 0 Å². The van der Waals surface area contributed by atoms with E-state index in [1.807, 2.05) is 34.9 Å². The number of hydrogen-bond donors (Lipinski definition) is 1. The highest BCUT2D eigenvalue weighted by molar-refractivity contribution is 7.23. The number of benzene rings is 2. The van der Waals surface area contributed by atoms with E-state index in [1.165, 1.54) is 24.3 Å². The van der Waals surface area contributed by atoms with Crippen LogP contribution in [0.25, 0.3) is 26.4 Å². The molecule has 7 heteroatoms. The molecule has 0 fully saturated rings. The molecule has 0 atom stereocenters. The maximum atomic E-state index is 11.5. The SMILES string of the molecule is CC(=O)Oc1c(C(=O)O)cccc1-c1cn2c(n1)sc1ccccc12. The Kier molecular flexibility index (Phi) is 3.51. The van der Waals surface area contributed by atoms with E-state index in [0.29, 0.717) is 11.3 Å². The first-order valence-corrected chi connectivity index (χ1v) is 8.28. The molecule has 0 amide bonds. The van der Waals surface area contributed by atoms with Crippen LogP contribution in [-0.2, 0) is 4.79 Å². The number of rotatable bonds is 3. The van der Waals surface area contributed by atoms with E-state index in [-0.39, 0.29) is 11.3 Å². The highest BCUT2D eigenvalue weighted by Gasteiger charge is 2.20. The second-order valence-electron chi connectivity index (χ2n) is 5.43. The summed E-state index contributed by atoms with van der Waals surface area (Å²) in [6.07, 6.45) is 1.82. The lowest BCUT2D eigenvalue weighted by molar-refractivity contribution is -0.131. The van der Waals surface area contributed by atoms with Crippen molar-refractivity contribution in [2.75, 3.05) is 0 Å². The molecule has 0 saturated carbocycles. The van der Waals surface area contributed by atoms with Gasteiger partial charge in [0.15, 0.2) is 10.7 Å². The van der Waals surface area contributed by atoms with Gasteiger partial charge < -0.3 is 9.84 Å². The molecule has 4 rings (SSSR count). The van der Waals surface area contributed by atoms with Gasteiger partial charge in [-0.2, -0.15) is 0 Å². The zero-order valence-corrected chi connectivity index (χ0v) is 13.9. The molecule has 0 spiro atoms. The topological polar surface area (TPSA) is 80.9 Å². The molecule has 6 nitrogen and oxygen atoms in total. The molecule has 0 aliphatic heterocycles. The molecule has 0 radical (unpaired) electrons. The predicted octanol–water partition coefficient (Wildman–Crippen LogP) is 3.84. The number of thiazole rings is 1. The highest BCUT2D eigenvalue weighted by atomic mass is 32.1. The van der Waals surface area contributed by atoms with Crippen LogP contribution < -0.4 is 4.74 Å². The first-order valence-electron chi connectivity index (χ1n) is 7.46. The fourth-order valence-corrected chi connectivity index (χ4v) is 3.75. The minimum atomic E-state index is -1.16. The number of imidazole rings is 1. The molecule has 0 bridgehead atoms. The normalized spacial score (nSPS) is 11.1. The molecule has 124 valence electrons. The van der Waals surface area contributed by atoms with Crippen LogP contribution in [0, 0.1) is 0 Å². The standard InChI is InChI=1S/C18H12N2O4S/c1-10(21)24-16-11(5-4-6-12(16)17(22)23)13-9-20-14-7-2-3-8-15(14)25-18(20)19-13/h2-9H,1H3,(H,22,23). The molecule has 0 unspecified atom stereocenters. The smallest absolute Gasteiger partial charge is 0.339 e. The van der Waals surface area contributed by atoms with E-state index in [1.54, 1.807) is 12.1 Å². The number of carbonyl (C=O) groups is 2. The number of fused-ring (bicyclic) bond motifs is 3. The zero-order chi connectivity index (χ0) is 17.6. The Balaban J connectivity index is 1.94. The molecule has 2 heterocycles. The first kappa shape index (κ1) is 15.3. The largest absolute Gasteiger partial charge is 0.478 e. The molecule has 25 heavy (non-hydrogen) atoms. The second-order valence-corrected chi connectivity index (χ2v) is 6.44. The fraction of sp³-hybridized carbons (Fsp3) is 0.0556. The minimum absolute atomic E-state index is 0.0116. The fourth-order valence-electron chi connectivity index (χ4n) is 2.74. The highest BCUT2D eigenvalue weighted by Crippen LogP contribution is 2.35. The molecule has 2 aromatic heterocycles. The van der Waals surface area contributed by atoms with Crippen LogP contribution in [0.15, 0.2) is 48.7 Å². The van der Waals surface area contributed by atoms with E-state index in [0.717, 1.165) is 15.2 Å². The maximum Gasteiger partial charge on any atom is 0.339 e. The number of carbonyl (C=O) groups excluding carboxylic acids is 1. The van der Waals surface area contributed by atoms with Gasteiger partial charge in [-0.1, -0.05) is 29.5 Å². The number of hydrogen-bond acceptors (Lipinski definition) is 5. The van der Waals surface area contributed by atoms with Gasteiger partial charge in [0.05, 0.1) is 15.9 Å². The molecular weight excluding hydrogens is 340 g/mol. The van der Waals surface area contributed by atoms with Crippen molar-refractivity contribution in [2.45, 2.75) is 6.92 Å². The Labute approximate surface area is 145 Å². The van der Waals surface area contributed by atoms with Gasteiger partial charge in [-0.3, -0.25) is 9.20 Å². The van der Waals surface area contributed by atoms with Crippen LogP contribution in [0.5, 0.6) is 5.75 Å². The summed E-state index contributed by atoms with van der Waals surface area (Å²) in [5.74, 6) is -1.73. The number of carboxylic acids is 1. The van der Waals surface area contributed by atoms with Gasteiger partial charge in [0, 0.05) is 18.7 Å². The average molecular weight is 352 g/mol. The monoisotopic (exact) mass is 352 g/mol. The summed E-state index contributed by atoms with van der Waals surface area (Å²) < 4.78 is 8.24. The van der Waals surface area contributed by atoms with Crippen molar-refractivity contribution in [2.24, 2.45) is 0 Å². The third kappa shape index (κ3) is 2.54. The van der Waals surface area contributed by atoms with Gasteiger partial charge in [-0.25, -0.2) is 9.78 Å².